The number of hydrogen-bond donors (Lipinski definition) is 2. The first-order chi connectivity index (χ1) is 14.2. The van der Waals surface area contributed by atoms with Crippen molar-refractivity contribution >= 4 is 28.7 Å². The van der Waals surface area contributed by atoms with Crippen molar-refractivity contribution < 1.29 is 9.59 Å². The topological polar surface area (TPSA) is 91.0 Å². The summed E-state index contributed by atoms with van der Waals surface area (Å²) >= 11 is 0. The van der Waals surface area contributed by atoms with E-state index >= 15 is 0 Å². The summed E-state index contributed by atoms with van der Waals surface area (Å²) in [6.45, 7) is 1.28. The van der Waals surface area contributed by atoms with Crippen LogP contribution >= 0.6 is 0 Å². The second-order valence-corrected chi connectivity index (χ2v) is 7.92. The highest BCUT2D eigenvalue weighted by Crippen LogP contribution is 2.32. The van der Waals surface area contributed by atoms with E-state index in [-0.39, 0.29) is 23.7 Å². The van der Waals surface area contributed by atoms with Crippen molar-refractivity contribution in [2.24, 2.45) is 11.8 Å². The number of aromatic amines is 1. The number of fused-ring (bicyclic) bond motifs is 1. The normalized spacial score (nSPS) is 19.3. The van der Waals surface area contributed by atoms with Gasteiger partial charge in [-0.25, -0.2) is 9.97 Å². The molecule has 7 nitrogen and oxygen atoms in total. The molecular weight excluding hydrogens is 366 g/mol. The SMILES string of the molecule is O=C(Nc1ccc(-c2nc3ccccc3[nH]2)cn1)C1CCCN(C(=O)C2CC2)C1. The minimum atomic E-state index is -0.178. The molecule has 29 heavy (non-hydrogen) atoms. The zero-order valence-corrected chi connectivity index (χ0v) is 16.1. The molecule has 1 atom stereocenters. The number of pyridine rings is 1. The fraction of sp³-hybridized carbons (Fsp3) is 0.364. The van der Waals surface area contributed by atoms with Crippen LogP contribution in [-0.4, -0.2) is 44.8 Å². The molecule has 1 saturated carbocycles. The summed E-state index contributed by atoms with van der Waals surface area (Å²) in [5.74, 6) is 1.43. The van der Waals surface area contributed by atoms with Crippen LogP contribution in [0.3, 0.4) is 0 Å². The summed E-state index contributed by atoms with van der Waals surface area (Å²) in [6.07, 6.45) is 5.37. The maximum atomic E-state index is 12.7. The van der Waals surface area contributed by atoms with E-state index in [4.69, 9.17) is 0 Å². The van der Waals surface area contributed by atoms with E-state index in [9.17, 15) is 9.59 Å². The summed E-state index contributed by atoms with van der Waals surface area (Å²) < 4.78 is 0. The molecule has 7 heteroatoms. The van der Waals surface area contributed by atoms with Gasteiger partial charge in [0.15, 0.2) is 0 Å². The molecule has 3 aromatic rings. The third kappa shape index (κ3) is 3.72. The zero-order valence-electron chi connectivity index (χ0n) is 16.1. The van der Waals surface area contributed by atoms with Crippen molar-refractivity contribution in [3.63, 3.8) is 0 Å². The van der Waals surface area contributed by atoms with Crippen LogP contribution in [0, 0.1) is 11.8 Å². The standard InChI is InChI=1S/C22H23N5O2/c28-21(16-4-3-11-27(13-16)22(29)14-7-8-14)26-19-10-9-15(12-23-19)20-24-17-5-1-2-6-18(17)25-20/h1-2,5-6,9-10,12,14,16H,3-4,7-8,11,13H2,(H,24,25)(H,23,26,28). The van der Waals surface area contributed by atoms with E-state index < -0.39 is 0 Å². The van der Waals surface area contributed by atoms with Crippen LogP contribution in [0.2, 0.25) is 0 Å². The molecule has 0 bridgehead atoms. The predicted octanol–water partition coefficient (Wildman–Crippen LogP) is 3.21. The van der Waals surface area contributed by atoms with E-state index in [2.05, 4.69) is 20.3 Å². The molecule has 0 spiro atoms. The molecule has 0 radical (unpaired) electrons. The van der Waals surface area contributed by atoms with Gasteiger partial charge in [-0.05, 0) is 49.9 Å². The number of imidazole rings is 1. The molecule has 2 aliphatic rings. The van der Waals surface area contributed by atoms with Crippen molar-refractivity contribution in [3.8, 4) is 11.4 Å². The van der Waals surface area contributed by atoms with Gasteiger partial charge < -0.3 is 15.2 Å². The smallest absolute Gasteiger partial charge is 0.230 e. The number of benzene rings is 1. The number of nitrogens with one attached hydrogen (secondary N) is 2. The van der Waals surface area contributed by atoms with E-state index in [0.29, 0.717) is 12.4 Å². The molecule has 1 aliphatic heterocycles. The highest BCUT2D eigenvalue weighted by atomic mass is 16.2. The molecule has 148 valence electrons. The molecule has 2 fully saturated rings. The average Bonchev–Trinajstić information content (AvgIpc) is 3.52. The van der Waals surface area contributed by atoms with Crippen LogP contribution in [0.15, 0.2) is 42.6 Å². The number of carbonyl (C=O) groups excluding carboxylic acids is 2. The van der Waals surface area contributed by atoms with Crippen LogP contribution in [0.25, 0.3) is 22.4 Å². The summed E-state index contributed by atoms with van der Waals surface area (Å²) in [7, 11) is 0. The van der Waals surface area contributed by atoms with Gasteiger partial charge in [0.1, 0.15) is 11.6 Å². The quantitative estimate of drug-likeness (QED) is 0.717. The first kappa shape index (κ1) is 17.8. The van der Waals surface area contributed by atoms with E-state index in [1.807, 2.05) is 35.2 Å². The Balaban J connectivity index is 1.24. The number of rotatable bonds is 4. The lowest BCUT2D eigenvalue weighted by atomic mass is 9.96. The maximum absolute atomic E-state index is 12.7. The second kappa shape index (κ2) is 7.31. The molecular formula is C22H23N5O2. The van der Waals surface area contributed by atoms with Gasteiger partial charge in [-0.15, -0.1) is 0 Å². The first-order valence-electron chi connectivity index (χ1n) is 10.2. The number of para-hydroxylation sites is 2. The summed E-state index contributed by atoms with van der Waals surface area (Å²) in [5.41, 5.74) is 2.74. The number of H-pyrrole nitrogens is 1. The zero-order chi connectivity index (χ0) is 19.8. The second-order valence-electron chi connectivity index (χ2n) is 7.92. The molecule has 2 aromatic heterocycles. The van der Waals surface area contributed by atoms with Crippen LogP contribution in [-0.2, 0) is 9.59 Å². The maximum Gasteiger partial charge on any atom is 0.230 e. The molecule has 1 saturated heterocycles. The Kier molecular flexibility index (Phi) is 4.50. The van der Waals surface area contributed by atoms with Gasteiger partial charge in [0, 0.05) is 30.8 Å². The third-order valence-electron chi connectivity index (χ3n) is 5.71. The summed E-state index contributed by atoms with van der Waals surface area (Å²) in [6, 6.07) is 11.5. The first-order valence-corrected chi connectivity index (χ1v) is 10.2. The number of aromatic nitrogens is 3. The Morgan fingerprint density at radius 1 is 1.07 bits per heavy atom. The fourth-order valence-electron chi connectivity index (χ4n) is 3.91. The number of piperidine rings is 1. The molecule has 3 heterocycles. The van der Waals surface area contributed by atoms with Gasteiger partial charge in [-0.1, -0.05) is 12.1 Å². The molecule has 2 N–H and O–H groups in total. The van der Waals surface area contributed by atoms with E-state index in [1.165, 1.54) is 0 Å². The largest absolute Gasteiger partial charge is 0.342 e. The molecule has 1 unspecified atom stereocenters. The van der Waals surface area contributed by atoms with Crippen LogP contribution in [0.5, 0.6) is 0 Å². The molecule has 1 aliphatic carbocycles. The monoisotopic (exact) mass is 389 g/mol. The number of likely N-dealkylation sites (tertiary alicyclic amines) is 1. The number of anilines is 1. The van der Waals surface area contributed by atoms with Gasteiger partial charge in [-0.3, -0.25) is 9.59 Å². The van der Waals surface area contributed by atoms with Crippen molar-refractivity contribution in [1.29, 1.82) is 0 Å². The number of amides is 2. The van der Waals surface area contributed by atoms with Gasteiger partial charge in [0.05, 0.1) is 17.0 Å². The molecule has 5 rings (SSSR count). The lowest BCUT2D eigenvalue weighted by Gasteiger charge is -2.32. The Hall–Kier alpha value is -3.22. The van der Waals surface area contributed by atoms with Gasteiger partial charge >= 0.3 is 0 Å². The van der Waals surface area contributed by atoms with Gasteiger partial charge in [0.2, 0.25) is 11.8 Å². The Labute approximate surface area is 168 Å². The third-order valence-corrected chi connectivity index (χ3v) is 5.71. The lowest BCUT2D eigenvalue weighted by Crippen LogP contribution is -2.44. The number of carbonyl (C=O) groups is 2. The van der Waals surface area contributed by atoms with Crippen molar-refractivity contribution in [2.75, 3.05) is 18.4 Å². The minimum absolute atomic E-state index is 0.0673. The van der Waals surface area contributed by atoms with E-state index in [0.717, 1.165) is 54.6 Å². The molecule has 2 amide bonds. The van der Waals surface area contributed by atoms with Crippen LogP contribution in [0.4, 0.5) is 5.82 Å². The highest BCUT2D eigenvalue weighted by molar-refractivity contribution is 5.92. The lowest BCUT2D eigenvalue weighted by molar-refractivity contribution is -0.135. The number of hydrogen-bond acceptors (Lipinski definition) is 4. The summed E-state index contributed by atoms with van der Waals surface area (Å²) in [5, 5.41) is 2.90. The number of nitrogens with zero attached hydrogens (tertiary/aromatic N) is 3. The van der Waals surface area contributed by atoms with Crippen molar-refractivity contribution in [3.05, 3.63) is 42.6 Å². The summed E-state index contributed by atoms with van der Waals surface area (Å²) in [4.78, 5) is 39.1. The minimum Gasteiger partial charge on any atom is -0.342 e. The van der Waals surface area contributed by atoms with E-state index in [1.54, 1.807) is 12.3 Å². The van der Waals surface area contributed by atoms with Gasteiger partial charge in [0.25, 0.3) is 0 Å². The molecule has 1 aromatic carbocycles. The predicted molar refractivity (Wildman–Crippen MR) is 110 cm³/mol. The Morgan fingerprint density at radius 3 is 2.69 bits per heavy atom. The highest BCUT2D eigenvalue weighted by Gasteiger charge is 2.36. The van der Waals surface area contributed by atoms with Crippen LogP contribution in [0.1, 0.15) is 25.7 Å². The average molecular weight is 389 g/mol. The Bertz CT molecular complexity index is 1020. The van der Waals surface area contributed by atoms with Crippen molar-refractivity contribution in [1.82, 2.24) is 19.9 Å². The Morgan fingerprint density at radius 2 is 1.93 bits per heavy atom. The van der Waals surface area contributed by atoms with Crippen molar-refractivity contribution in [2.45, 2.75) is 25.7 Å². The van der Waals surface area contributed by atoms with Gasteiger partial charge in [-0.2, -0.15) is 0 Å². The fourth-order valence-corrected chi connectivity index (χ4v) is 3.91. The van der Waals surface area contributed by atoms with Crippen LogP contribution < -0.4 is 5.32 Å².